The fourth-order valence-corrected chi connectivity index (χ4v) is 3.00. The van der Waals surface area contributed by atoms with Gasteiger partial charge in [0.25, 0.3) is 0 Å². The molecule has 1 amide bonds. The first kappa shape index (κ1) is 16.4. The zero-order valence-electron chi connectivity index (χ0n) is 14.4. The number of benzene rings is 2. The Labute approximate surface area is 143 Å². The molecule has 0 N–H and O–H groups in total. The van der Waals surface area contributed by atoms with Crippen molar-refractivity contribution < 1.29 is 14.3 Å². The fraction of sp³-hybridized carbons (Fsp3) is 0.350. The van der Waals surface area contributed by atoms with E-state index in [2.05, 4.69) is 0 Å². The molecule has 2 aromatic carbocycles. The number of hydrogen-bond donors (Lipinski definition) is 0. The first-order valence-corrected chi connectivity index (χ1v) is 8.18. The minimum Gasteiger partial charge on any atom is -0.486 e. The molecule has 1 aliphatic rings. The molecular weight excluding hydrogens is 302 g/mol. The quantitative estimate of drug-likeness (QED) is 0.866. The van der Waals surface area contributed by atoms with Crippen molar-refractivity contribution in [2.45, 2.75) is 25.4 Å². The largest absolute Gasteiger partial charge is 0.486 e. The van der Waals surface area contributed by atoms with Crippen LogP contribution < -0.4 is 9.47 Å². The zero-order valence-corrected chi connectivity index (χ0v) is 14.4. The van der Waals surface area contributed by atoms with E-state index in [1.807, 2.05) is 75.5 Å². The molecule has 1 heterocycles. The molecule has 0 saturated heterocycles. The summed E-state index contributed by atoms with van der Waals surface area (Å²) in [7, 11) is 1.82. The predicted molar refractivity (Wildman–Crippen MR) is 93.5 cm³/mol. The highest BCUT2D eigenvalue weighted by atomic mass is 16.6. The summed E-state index contributed by atoms with van der Waals surface area (Å²) in [6.45, 7) is 4.84. The van der Waals surface area contributed by atoms with Crippen LogP contribution in [0.2, 0.25) is 0 Å². The lowest BCUT2D eigenvalue weighted by Gasteiger charge is -2.33. The molecule has 1 unspecified atom stereocenters. The molecule has 1 atom stereocenters. The Bertz CT molecular complexity index is 712. The highest BCUT2D eigenvalue weighted by molar-refractivity contribution is 5.87. The topological polar surface area (TPSA) is 38.8 Å². The molecule has 0 radical (unpaired) electrons. The highest BCUT2D eigenvalue weighted by Gasteiger charge is 2.34. The smallest absolute Gasteiger partial charge is 0.232 e. The van der Waals surface area contributed by atoms with E-state index >= 15 is 0 Å². The van der Waals surface area contributed by atoms with Gasteiger partial charge in [-0.15, -0.1) is 0 Å². The summed E-state index contributed by atoms with van der Waals surface area (Å²) in [5.41, 5.74) is 0.427. The van der Waals surface area contributed by atoms with Crippen molar-refractivity contribution in [2.75, 3.05) is 20.2 Å². The second kappa shape index (κ2) is 6.56. The number of rotatable bonds is 4. The second-order valence-electron chi connectivity index (χ2n) is 6.67. The van der Waals surface area contributed by atoms with Crippen LogP contribution in [0.5, 0.6) is 11.5 Å². The van der Waals surface area contributed by atoms with Crippen molar-refractivity contribution in [1.82, 2.24) is 4.90 Å². The molecule has 4 nitrogen and oxygen atoms in total. The third-order valence-electron chi connectivity index (χ3n) is 4.42. The SMILES string of the molecule is CN(CC1COc2ccccc2O1)C(=O)C(C)(C)c1ccccc1. The van der Waals surface area contributed by atoms with E-state index in [0.717, 1.165) is 17.1 Å². The van der Waals surface area contributed by atoms with Crippen LogP contribution in [0.4, 0.5) is 0 Å². The van der Waals surface area contributed by atoms with Gasteiger partial charge < -0.3 is 14.4 Å². The van der Waals surface area contributed by atoms with Crippen molar-refractivity contribution in [3.8, 4) is 11.5 Å². The van der Waals surface area contributed by atoms with Gasteiger partial charge >= 0.3 is 0 Å². The van der Waals surface area contributed by atoms with Crippen LogP contribution in [-0.2, 0) is 10.2 Å². The standard InChI is InChI=1S/C20H23NO3/c1-20(2,15-9-5-4-6-10-15)19(22)21(3)13-16-14-23-17-11-7-8-12-18(17)24-16/h4-12,16H,13-14H2,1-3H3. The van der Waals surface area contributed by atoms with Crippen LogP contribution in [0.3, 0.4) is 0 Å². The third-order valence-corrected chi connectivity index (χ3v) is 4.42. The first-order chi connectivity index (χ1) is 11.5. The summed E-state index contributed by atoms with van der Waals surface area (Å²) in [4.78, 5) is 14.6. The number of carbonyl (C=O) groups is 1. The van der Waals surface area contributed by atoms with Gasteiger partial charge in [0.05, 0.1) is 12.0 Å². The van der Waals surface area contributed by atoms with Crippen molar-refractivity contribution >= 4 is 5.91 Å². The Morgan fingerprint density at radius 3 is 2.42 bits per heavy atom. The lowest BCUT2D eigenvalue weighted by Crippen LogP contribution is -2.47. The van der Waals surface area contributed by atoms with E-state index in [4.69, 9.17) is 9.47 Å². The number of nitrogens with zero attached hydrogens (tertiary/aromatic N) is 1. The number of para-hydroxylation sites is 2. The maximum atomic E-state index is 12.9. The van der Waals surface area contributed by atoms with Crippen molar-refractivity contribution in [3.63, 3.8) is 0 Å². The van der Waals surface area contributed by atoms with Gasteiger partial charge in [0.2, 0.25) is 5.91 Å². The minimum atomic E-state index is -0.580. The molecule has 2 aromatic rings. The summed E-state index contributed by atoms with van der Waals surface area (Å²) in [5.74, 6) is 1.56. The predicted octanol–water partition coefficient (Wildman–Crippen LogP) is 3.26. The van der Waals surface area contributed by atoms with Gasteiger partial charge in [-0.25, -0.2) is 0 Å². The van der Waals surface area contributed by atoms with Crippen LogP contribution in [0, 0.1) is 0 Å². The Morgan fingerprint density at radius 1 is 1.08 bits per heavy atom. The minimum absolute atomic E-state index is 0.0659. The molecule has 0 spiro atoms. The van der Waals surface area contributed by atoms with E-state index in [1.165, 1.54) is 0 Å². The van der Waals surface area contributed by atoms with Gasteiger partial charge in [-0.2, -0.15) is 0 Å². The number of carbonyl (C=O) groups excluding carboxylic acids is 1. The summed E-state index contributed by atoms with van der Waals surface area (Å²) in [6.07, 6.45) is -0.166. The van der Waals surface area contributed by atoms with E-state index in [0.29, 0.717) is 13.2 Å². The van der Waals surface area contributed by atoms with Crippen molar-refractivity contribution in [3.05, 3.63) is 60.2 Å². The molecule has 0 aliphatic carbocycles. The molecule has 126 valence electrons. The van der Waals surface area contributed by atoms with Gasteiger partial charge in [0, 0.05) is 7.05 Å². The molecule has 0 saturated carbocycles. The third kappa shape index (κ3) is 3.23. The number of ether oxygens (including phenoxy) is 2. The van der Waals surface area contributed by atoms with Gasteiger partial charge in [0.1, 0.15) is 6.61 Å². The monoisotopic (exact) mass is 325 g/mol. The van der Waals surface area contributed by atoms with E-state index in [9.17, 15) is 4.79 Å². The second-order valence-corrected chi connectivity index (χ2v) is 6.67. The fourth-order valence-electron chi connectivity index (χ4n) is 3.00. The Hall–Kier alpha value is -2.49. The summed E-state index contributed by atoms with van der Waals surface area (Å²) in [5, 5.41) is 0. The van der Waals surface area contributed by atoms with Gasteiger partial charge in [0.15, 0.2) is 17.6 Å². The number of hydrogen-bond acceptors (Lipinski definition) is 3. The molecule has 4 heteroatoms. The molecule has 0 aromatic heterocycles. The van der Waals surface area contributed by atoms with Crippen LogP contribution in [0.15, 0.2) is 54.6 Å². The molecule has 1 aliphatic heterocycles. The first-order valence-electron chi connectivity index (χ1n) is 8.18. The molecule has 24 heavy (non-hydrogen) atoms. The Morgan fingerprint density at radius 2 is 1.71 bits per heavy atom. The lowest BCUT2D eigenvalue weighted by molar-refractivity contribution is -0.136. The maximum Gasteiger partial charge on any atom is 0.232 e. The molecule has 0 fully saturated rings. The average molecular weight is 325 g/mol. The average Bonchev–Trinajstić information content (AvgIpc) is 2.61. The molecule has 0 bridgehead atoms. The van der Waals surface area contributed by atoms with Crippen molar-refractivity contribution in [1.29, 1.82) is 0 Å². The van der Waals surface area contributed by atoms with Crippen LogP contribution >= 0.6 is 0 Å². The highest BCUT2D eigenvalue weighted by Crippen LogP contribution is 2.31. The van der Waals surface area contributed by atoms with Gasteiger partial charge in [-0.1, -0.05) is 42.5 Å². The van der Waals surface area contributed by atoms with Gasteiger partial charge in [-0.05, 0) is 31.5 Å². The summed E-state index contributed by atoms with van der Waals surface area (Å²) >= 11 is 0. The van der Waals surface area contributed by atoms with E-state index in [1.54, 1.807) is 4.90 Å². The van der Waals surface area contributed by atoms with Crippen LogP contribution in [0.1, 0.15) is 19.4 Å². The molecular formula is C20H23NO3. The summed E-state index contributed by atoms with van der Waals surface area (Å²) in [6, 6.07) is 17.5. The van der Waals surface area contributed by atoms with Gasteiger partial charge in [-0.3, -0.25) is 4.79 Å². The summed E-state index contributed by atoms with van der Waals surface area (Å²) < 4.78 is 11.7. The van der Waals surface area contributed by atoms with Crippen LogP contribution in [0.25, 0.3) is 0 Å². The number of amides is 1. The molecule has 3 rings (SSSR count). The van der Waals surface area contributed by atoms with E-state index in [-0.39, 0.29) is 12.0 Å². The Kier molecular flexibility index (Phi) is 4.47. The maximum absolute atomic E-state index is 12.9. The van der Waals surface area contributed by atoms with Crippen LogP contribution in [-0.4, -0.2) is 37.1 Å². The number of likely N-dealkylation sites (N-methyl/N-ethyl adjacent to an activating group) is 1. The Balaban J connectivity index is 1.67. The van der Waals surface area contributed by atoms with Crippen molar-refractivity contribution in [2.24, 2.45) is 0 Å². The lowest BCUT2D eigenvalue weighted by atomic mass is 9.83. The zero-order chi connectivity index (χ0) is 17.2. The van der Waals surface area contributed by atoms with E-state index < -0.39 is 5.41 Å². The number of fused-ring (bicyclic) bond motifs is 1. The normalized spacial score (nSPS) is 16.5.